The van der Waals surface area contributed by atoms with Gasteiger partial charge in [0.2, 0.25) is 8.32 Å². The number of hydrogen-bond acceptors (Lipinski definition) is 7. The van der Waals surface area contributed by atoms with Crippen LogP contribution in [0.15, 0.2) is 12.3 Å². The summed E-state index contributed by atoms with van der Waals surface area (Å²) in [4.78, 5) is 14.4. The maximum atomic E-state index is 12.7. The summed E-state index contributed by atoms with van der Waals surface area (Å²) >= 11 is 0. The van der Waals surface area contributed by atoms with E-state index in [1.807, 2.05) is 34.6 Å². The van der Waals surface area contributed by atoms with Crippen LogP contribution in [0.5, 0.6) is 0 Å². The highest BCUT2D eigenvalue weighted by molar-refractivity contribution is 6.77. The van der Waals surface area contributed by atoms with Gasteiger partial charge in [0, 0.05) is 30.5 Å². The second kappa shape index (κ2) is 17.9. The summed E-state index contributed by atoms with van der Waals surface area (Å²) in [6, 6.07) is 0.00179. The first kappa shape index (κ1) is 37.1. The normalized spacial score (nSPS) is 20.1. The molecule has 1 aliphatic rings. The number of carbonyl (C=O) groups excluding carboxylic acids is 1. The van der Waals surface area contributed by atoms with E-state index in [4.69, 9.17) is 18.6 Å². The fourth-order valence-electron chi connectivity index (χ4n) is 6.43. The van der Waals surface area contributed by atoms with Gasteiger partial charge in [-0.2, -0.15) is 0 Å². The molecule has 0 aromatic rings. The Balaban J connectivity index is 3.12. The van der Waals surface area contributed by atoms with E-state index in [0.29, 0.717) is 36.3 Å². The van der Waals surface area contributed by atoms with E-state index in [-0.39, 0.29) is 36.8 Å². The van der Waals surface area contributed by atoms with E-state index >= 15 is 0 Å². The molecule has 0 radical (unpaired) electrons. The van der Waals surface area contributed by atoms with Crippen LogP contribution >= 0.6 is 0 Å². The Bertz CT molecular complexity index is 707. The van der Waals surface area contributed by atoms with Gasteiger partial charge in [0.1, 0.15) is 0 Å². The largest absolute Gasteiger partial charge is 0.418 e. The molecular weight excluding hydrogens is 526 g/mol. The molecule has 1 amide bonds. The fourth-order valence-corrected chi connectivity index (χ4v) is 12.1. The van der Waals surface area contributed by atoms with Crippen molar-refractivity contribution in [2.45, 2.75) is 149 Å². The van der Waals surface area contributed by atoms with Gasteiger partial charge in [-0.15, -0.1) is 0 Å². The van der Waals surface area contributed by atoms with Crippen LogP contribution in [-0.4, -0.2) is 79.9 Å². The summed E-state index contributed by atoms with van der Waals surface area (Å²) in [6.45, 7) is 23.9. The SMILES string of the molecule is CC(C)N(C(=O)O/C=C\[C@H](CCOC1CCCCO1)[C@H](O)[C@@H](C)[C@@H](CO)O[Si](C(C)C)(C(C)C)C(C)C)C(C)C. The van der Waals surface area contributed by atoms with E-state index in [9.17, 15) is 15.0 Å². The van der Waals surface area contributed by atoms with Gasteiger partial charge in [0.05, 0.1) is 31.7 Å². The predicted octanol–water partition coefficient (Wildman–Crippen LogP) is 6.86. The van der Waals surface area contributed by atoms with Gasteiger partial charge in [0.15, 0.2) is 6.29 Å². The lowest BCUT2D eigenvalue weighted by atomic mass is 9.86. The quantitative estimate of drug-likeness (QED) is 0.142. The molecule has 40 heavy (non-hydrogen) atoms. The molecule has 1 fully saturated rings. The smallest absolute Gasteiger partial charge is 0.415 e. The van der Waals surface area contributed by atoms with Crippen LogP contribution in [0.25, 0.3) is 0 Å². The van der Waals surface area contributed by atoms with Crippen molar-refractivity contribution < 1.29 is 33.6 Å². The van der Waals surface area contributed by atoms with Gasteiger partial charge in [-0.05, 0) is 76.1 Å². The Morgan fingerprint density at radius 1 is 0.975 bits per heavy atom. The maximum Gasteiger partial charge on any atom is 0.415 e. The van der Waals surface area contributed by atoms with Gasteiger partial charge >= 0.3 is 6.09 Å². The van der Waals surface area contributed by atoms with Crippen LogP contribution in [0.3, 0.4) is 0 Å². The molecule has 9 heteroatoms. The van der Waals surface area contributed by atoms with Crippen LogP contribution in [0.1, 0.15) is 102 Å². The van der Waals surface area contributed by atoms with Gasteiger partial charge < -0.3 is 33.7 Å². The highest BCUT2D eigenvalue weighted by Crippen LogP contribution is 2.44. The van der Waals surface area contributed by atoms with Crippen molar-refractivity contribution in [3.8, 4) is 0 Å². The fraction of sp³-hybridized carbons (Fsp3) is 0.903. The first-order valence-electron chi connectivity index (χ1n) is 15.6. The standard InChI is InChI=1S/C31H61NO7Si/c1-21(2)32(22(3)4)31(35)38-19-16-27(15-18-37-29-14-12-13-17-36-29)30(34)26(11)28(20-33)39-40(23(5)6,24(7)8)25(9)10/h16,19,21-30,33-34H,12-15,17-18,20H2,1-11H3/b19-16-/t26-,27-,28+,29?,30+/m0/s1. The van der Waals surface area contributed by atoms with E-state index in [1.54, 1.807) is 11.0 Å². The highest BCUT2D eigenvalue weighted by atomic mass is 28.4. The number of ether oxygens (including phenoxy) is 3. The first-order chi connectivity index (χ1) is 18.7. The monoisotopic (exact) mass is 587 g/mol. The summed E-state index contributed by atoms with van der Waals surface area (Å²) in [5.74, 6) is -0.726. The van der Waals surface area contributed by atoms with E-state index in [0.717, 1.165) is 19.3 Å². The second-order valence-corrected chi connectivity index (χ2v) is 18.3. The molecule has 0 aliphatic carbocycles. The van der Waals surface area contributed by atoms with Crippen molar-refractivity contribution in [1.29, 1.82) is 0 Å². The Morgan fingerprint density at radius 2 is 1.55 bits per heavy atom. The molecule has 0 aromatic heterocycles. The highest BCUT2D eigenvalue weighted by Gasteiger charge is 2.48. The van der Waals surface area contributed by atoms with Crippen LogP contribution in [0.2, 0.25) is 16.6 Å². The van der Waals surface area contributed by atoms with Crippen LogP contribution in [0.4, 0.5) is 4.79 Å². The zero-order valence-electron chi connectivity index (χ0n) is 27.3. The molecule has 236 valence electrons. The number of amides is 1. The third kappa shape index (κ3) is 10.4. The third-order valence-electron chi connectivity index (χ3n) is 8.52. The summed E-state index contributed by atoms with van der Waals surface area (Å²) in [7, 11) is -2.28. The summed E-state index contributed by atoms with van der Waals surface area (Å²) in [5, 5.41) is 22.1. The number of carbonyl (C=O) groups is 1. The Labute approximate surface area is 245 Å². The average Bonchev–Trinajstić information content (AvgIpc) is 2.87. The molecule has 1 rings (SSSR count). The summed E-state index contributed by atoms with van der Waals surface area (Å²) < 4.78 is 24.1. The molecule has 0 spiro atoms. The molecule has 8 nitrogen and oxygen atoms in total. The second-order valence-electron chi connectivity index (χ2n) is 12.9. The van der Waals surface area contributed by atoms with Gasteiger partial charge in [-0.3, -0.25) is 0 Å². The van der Waals surface area contributed by atoms with E-state index < -0.39 is 26.6 Å². The third-order valence-corrected chi connectivity index (χ3v) is 14.6. The average molecular weight is 588 g/mol. The molecule has 2 N–H and O–H groups in total. The van der Waals surface area contributed by atoms with E-state index in [1.165, 1.54) is 6.26 Å². The van der Waals surface area contributed by atoms with Crippen molar-refractivity contribution in [3.63, 3.8) is 0 Å². The summed E-state index contributed by atoms with van der Waals surface area (Å²) in [6.07, 6.45) is 4.65. The van der Waals surface area contributed by atoms with Crippen molar-refractivity contribution in [2.75, 3.05) is 19.8 Å². The maximum absolute atomic E-state index is 12.7. The topological polar surface area (TPSA) is 97.7 Å². The van der Waals surface area contributed by atoms with E-state index in [2.05, 4.69) is 41.5 Å². The molecule has 1 heterocycles. The van der Waals surface area contributed by atoms with Crippen LogP contribution in [-0.2, 0) is 18.6 Å². The first-order valence-corrected chi connectivity index (χ1v) is 17.7. The predicted molar refractivity (Wildman–Crippen MR) is 164 cm³/mol. The van der Waals surface area contributed by atoms with Gasteiger partial charge in [0.25, 0.3) is 0 Å². The minimum Gasteiger partial charge on any atom is -0.418 e. The zero-order chi connectivity index (χ0) is 30.6. The Morgan fingerprint density at radius 3 is 2.00 bits per heavy atom. The molecule has 1 unspecified atom stereocenters. The van der Waals surface area contributed by atoms with Crippen molar-refractivity contribution >= 4 is 14.4 Å². The minimum absolute atomic E-state index is 0.000897. The lowest BCUT2D eigenvalue weighted by Gasteiger charge is -2.46. The van der Waals surface area contributed by atoms with Crippen LogP contribution < -0.4 is 0 Å². The van der Waals surface area contributed by atoms with Crippen LogP contribution in [0, 0.1) is 11.8 Å². The lowest BCUT2D eigenvalue weighted by Crippen LogP contribution is -2.53. The zero-order valence-corrected chi connectivity index (χ0v) is 28.3. The molecule has 0 bridgehead atoms. The molecule has 1 aliphatic heterocycles. The molecule has 0 aromatic carbocycles. The van der Waals surface area contributed by atoms with Crippen molar-refractivity contribution in [2.24, 2.45) is 11.8 Å². The number of nitrogens with zero attached hydrogens (tertiary/aromatic N) is 1. The number of hydrogen-bond donors (Lipinski definition) is 2. The molecule has 0 saturated carbocycles. The summed E-state index contributed by atoms with van der Waals surface area (Å²) in [5.41, 5.74) is 1.07. The minimum atomic E-state index is -2.28. The molecule has 1 saturated heterocycles. The number of rotatable bonds is 17. The molecular formula is C31H61NO7Si. The lowest BCUT2D eigenvalue weighted by molar-refractivity contribution is -0.165. The molecule has 5 atom stereocenters. The van der Waals surface area contributed by atoms with Crippen molar-refractivity contribution in [3.05, 3.63) is 12.3 Å². The van der Waals surface area contributed by atoms with Gasteiger partial charge in [-0.1, -0.05) is 48.5 Å². The van der Waals surface area contributed by atoms with Crippen molar-refractivity contribution in [1.82, 2.24) is 4.90 Å². The van der Waals surface area contributed by atoms with Gasteiger partial charge in [-0.25, -0.2) is 4.79 Å². The Hall–Kier alpha value is -0.973. The number of aliphatic hydroxyl groups excluding tert-OH is 2. The Kier molecular flexibility index (Phi) is 16.5. The number of aliphatic hydroxyl groups is 2.